The van der Waals surface area contributed by atoms with E-state index in [4.69, 9.17) is 5.11 Å². The van der Waals surface area contributed by atoms with Crippen LogP contribution in [0.1, 0.15) is 59.9 Å². The lowest BCUT2D eigenvalue weighted by Gasteiger charge is -2.54. The van der Waals surface area contributed by atoms with Crippen molar-refractivity contribution in [3.8, 4) is 0 Å². The van der Waals surface area contributed by atoms with Crippen LogP contribution in [0.4, 0.5) is 0 Å². The van der Waals surface area contributed by atoms with Crippen LogP contribution in [0.5, 0.6) is 0 Å². The molecule has 106 valence electrons. The predicted octanol–water partition coefficient (Wildman–Crippen LogP) is 3.02. The van der Waals surface area contributed by atoms with Crippen LogP contribution in [-0.2, 0) is 0 Å². The normalized spacial score (nSPS) is 38.1. The van der Waals surface area contributed by atoms with Crippen molar-refractivity contribution in [1.82, 2.24) is 9.97 Å². The molecule has 4 nitrogen and oxygen atoms in total. The molecule has 1 aromatic rings. The van der Waals surface area contributed by atoms with Crippen molar-refractivity contribution in [3.63, 3.8) is 0 Å². The Hall–Kier alpha value is -1.45. The zero-order valence-electron chi connectivity index (χ0n) is 11.7. The average Bonchev–Trinajstić information content (AvgIpc) is 2.39. The highest BCUT2D eigenvalue weighted by Gasteiger charge is 2.49. The van der Waals surface area contributed by atoms with Crippen molar-refractivity contribution >= 4 is 5.97 Å². The molecule has 0 aliphatic heterocycles. The molecule has 0 spiro atoms. The first-order valence-electron chi connectivity index (χ1n) is 7.68. The third kappa shape index (κ3) is 1.77. The van der Waals surface area contributed by atoms with E-state index in [0.717, 1.165) is 34.9 Å². The summed E-state index contributed by atoms with van der Waals surface area (Å²) in [5.74, 6) is 2.71. The fourth-order valence-electron chi connectivity index (χ4n) is 5.27. The third-order valence-corrected chi connectivity index (χ3v) is 5.74. The predicted molar refractivity (Wildman–Crippen MR) is 73.5 cm³/mol. The molecule has 4 fully saturated rings. The van der Waals surface area contributed by atoms with Crippen LogP contribution < -0.4 is 0 Å². The maximum absolute atomic E-state index is 11.1. The van der Waals surface area contributed by atoms with Crippen LogP contribution in [0.2, 0.25) is 0 Å². The zero-order chi connectivity index (χ0) is 13.9. The highest BCUT2D eigenvalue weighted by molar-refractivity contribution is 5.83. The molecular weight excluding hydrogens is 252 g/mol. The van der Waals surface area contributed by atoms with Gasteiger partial charge in [0.1, 0.15) is 0 Å². The van der Waals surface area contributed by atoms with Gasteiger partial charge in [-0.1, -0.05) is 0 Å². The Morgan fingerprint density at radius 3 is 2.30 bits per heavy atom. The van der Waals surface area contributed by atoms with Gasteiger partial charge in [0.05, 0.1) is 5.69 Å². The number of rotatable bonds is 2. The second-order valence-corrected chi connectivity index (χ2v) is 7.02. The smallest absolute Gasteiger partial charge is 0.373 e. The number of carboxylic acid groups (broad SMARTS) is 1. The Morgan fingerprint density at radius 1 is 1.15 bits per heavy atom. The maximum Gasteiger partial charge on any atom is 0.373 e. The molecule has 4 heteroatoms. The van der Waals surface area contributed by atoms with E-state index in [9.17, 15) is 4.79 Å². The van der Waals surface area contributed by atoms with E-state index in [1.807, 2.05) is 6.92 Å². The van der Waals surface area contributed by atoms with Gasteiger partial charge in [0.2, 0.25) is 5.82 Å². The maximum atomic E-state index is 11.1. The van der Waals surface area contributed by atoms with E-state index in [1.165, 1.54) is 32.1 Å². The van der Waals surface area contributed by atoms with Crippen LogP contribution in [0.15, 0.2) is 6.20 Å². The van der Waals surface area contributed by atoms with Crippen molar-refractivity contribution in [2.45, 2.75) is 44.9 Å². The van der Waals surface area contributed by atoms with Crippen LogP contribution in [-0.4, -0.2) is 21.0 Å². The number of hydrogen-bond acceptors (Lipinski definition) is 3. The molecule has 4 saturated carbocycles. The van der Waals surface area contributed by atoms with Crippen molar-refractivity contribution in [3.05, 3.63) is 23.3 Å². The zero-order valence-corrected chi connectivity index (χ0v) is 11.7. The summed E-state index contributed by atoms with van der Waals surface area (Å²) in [5, 5.41) is 9.13. The van der Waals surface area contributed by atoms with Crippen molar-refractivity contribution in [2.75, 3.05) is 0 Å². The molecule has 1 aromatic heterocycles. The fraction of sp³-hybridized carbons (Fsp3) is 0.688. The van der Waals surface area contributed by atoms with Crippen molar-refractivity contribution in [1.29, 1.82) is 0 Å². The summed E-state index contributed by atoms with van der Waals surface area (Å²) in [7, 11) is 0. The van der Waals surface area contributed by atoms with Gasteiger partial charge in [-0.05, 0) is 68.3 Å². The van der Waals surface area contributed by atoms with Gasteiger partial charge in [-0.25, -0.2) is 14.8 Å². The highest BCUT2D eigenvalue weighted by Crippen LogP contribution is 2.59. The van der Waals surface area contributed by atoms with E-state index in [2.05, 4.69) is 9.97 Å². The summed E-state index contributed by atoms with van der Waals surface area (Å²) < 4.78 is 0. The molecule has 5 rings (SSSR count). The van der Waals surface area contributed by atoms with Gasteiger partial charge in [0, 0.05) is 12.1 Å². The monoisotopic (exact) mass is 272 g/mol. The number of aromatic carboxylic acids is 1. The van der Waals surface area contributed by atoms with Crippen LogP contribution >= 0.6 is 0 Å². The minimum absolute atomic E-state index is 0.0422. The van der Waals surface area contributed by atoms with Crippen LogP contribution in [0.25, 0.3) is 0 Å². The number of hydrogen-bond donors (Lipinski definition) is 1. The number of nitrogens with zero attached hydrogens (tertiary/aromatic N) is 2. The van der Waals surface area contributed by atoms with E-state index in [-0.39, 0.29) is 5.82 Å². The molecule has 4 aliphatic carbocycles. The van der Waals surface area contributed by atoms with E-state index in [1.54, 1.807) is 6.20 Å². The molecule has 0 saturated heterocycles. The Kier molecular flexibility index (Phi) is 2.63. The molecule has 0 unspecified atom stereocenters. The van der Waals surface area contributed by atoms with Gasteiger partial charge >= 0.3 is 5.97 Å². The first kappa shape index (κ1) is 12.3. The molecule has 4 bridgehead atoms. The molecule has 1 heterocycles. The Labute approximate surface area is 118 Å². The van der Waals surface area contributed by atoms with Gasteiger partial charge in [-0.2, -0.15) is 0 Å². The Bertz CT molecular complexity index is 542. The van der Waals surface area contributed by atoms with Crippen LogP contribution in [0.3, 0.4) is 0 Å². The summed E-state index contributed by atoms with van der Waals surface area (Å²) in [6.07, 6.45) is 8.42. The average molecular weight is 272 g/mol. The lowest BCUT2D eigenvalue weighted by atomic mass is 9.51. The van der Waals surface area contributed by atoms with Gasteiger partial charge in [0.25, 0.3) is 0 Å². The summed E-state index contributed by atoms with van der Waals surface area (Å²) in [6.45, 7) is 2.02. The SMILES string of the molecule is Cc1cnc(C(=O)O)nc1C1C2CC3CC(C2)CC1C3. The molecule has 0 amide bonds. The molecule has 0 atom stereocenters. The van der Waals surface area contributed by atoms with E-state index < -0.39 is 5.97 Å². The number of aromatic nitrogens is 2. The second-order valence-electron chi connectivity index (χ2n) is 7.02. The minimum Gasteiger partial charge on any atom is -0.475 e. The summed E-state index contributed by atoms with van der Waals surface area (Å²) in [5.41, 5.74) is 2.08. The second kappa shape index (κ2) is 4.27. The number of carboxylic acids is 1. The quantitative estimate of drug-likeness (QED) is 0.898. The summed E-state index contributed by atoms with van der Waals surface area (Å²) in [6, 6.07) is 0. The first-order chi connectivity index (χ1) is 9.61. The summed E-state index contributed by atoms with van der Waals surface area (Å²) >= 11 is 0. The Balaban J connectivity index is 1.74. The Morgan fingerprint density at radius 2 is 1.75 bits per heavy atom. The molecule has 4 aliphatic rings. The van der Waals surface area contributed by atoms with Gasteiger partial charge in [0.15, 0.2) is 0 Å². The number of aryl methyl sites for hydroxylation is 1. The van der Waals surface area contributed by atoms with E-state index in [0.29, 0.717) is 5.92 Å². The third-order valence-electron chi connectivity index (χ3n) is 5.74. The van der Waals surface area contributed by atoms with Crippen LogP contribution in [0, 0.1) is 30.6 Å². The standard InChI is InChI=1S/C16H20N2O2/c1-8-7-17-15(16(19)20)18-14(8)13-11-3-9-2-10(5-11)6-12(13)4-9/h7,9-13H,2-6H2,1H3,(H,19,20). The first-order valence-corrected chi connectivity index (χ1v) is 7.68. The fourth-order valence-corrected chi connectivity index (χ4v) is 5.27. The summed E-state index contributed by atoms with van der Waals surface area (Å²) in [4.78, 5) is 19.5. The minimum atomic E-state index is -1.02. The van der Waals surface area contributed by atoms with Crippen molar-refractivity contribution < 1.29 is 9.90 Å². The van der Waals surface area contributed by atoms with Crippen molar-refractivity contribution in [2.24, 2.45) is 23.7 Å². The number of carbonyl (C=O) groups is 1. The molecular formula is C16H20N2O2. The van der Waals surface area contributed by atoms with Gasteiger partial charge in [-0.3, -0.25) is 0 Å². The lowest BCUT2D eigenvalue weighted by Crippen LogP contribution is -2.44. The molecule has 0 aromatic carbocycles. The van der Waals surface area contributed by atoms with Gasteiger partial charge < -0.3 is 5.11 Å². The lowest BCUT2D eigenvalue weighted by molar-refractivity contribution is -0.00453. The molecule has 0 radical (unpaired) electrons. The highest BCUT2D eigenvalue weighted by atomic mass is 16.4. The van der Waals surface area contributed by atoms with E-state index >= 15 is 0 Å². The largest absolute Gasteiger partial charge is 0.475 e. The molecule has 1 N–H and O–H groups in total. The molecule has 20 heavy (non-hydrogen) atoms. The topological polar surface area (TPSA) is 63.1 Å². The van der Waals surface area contributed by atoms with Gasteiger partial charge in [-0.15, -0.1) is 0 Å².